The van der Waals surface area contributed by atoms with Gasteiger partial charge in [-0.05, 0) is 6.42 Å². The third-order valence-corrected chi connectivity index (χ3v) is 1.72. The minimum Gasteiger partial charge on any atom is -0.394 e. The van der Waals surface area contributed by atoms with Gasteiger partial charge in [-0.1, -0.05) is 6.92 Å². The van der Waals surface area contributed by atoms with E-state index in [2.05, 4.69) is 5.32 Å². The molecule has 5 nitrogen and oxygen atoms in total. The lowest BCUT2D eigenvalue weighted by Gasteiger charge is -2.11. The van der Waals surface area contributed by atoms with Gasteiger partial charge in [0.15, 0.2) is 0 Å². The SMILES string of the molecule is CCC(N)CC(=O)NCC(O)CO. The molecule has 0 rings (SSSR count). The summed E-state index contributed by atoms with van der Waals surface area (Å²) in [6, 6.07) is -0.133. The molecule has 0 fully saturated rings. The average molecular weight is 190 g/mol. The van der Waals surface area contributed by atoms with E-state index >= 15 is 0 Å². The van der Waals surface area contributed by atoms with Crippen LogP contribution in [0.15, 0.2) is 0 Å². The van der Waals surface area contributed by atoms with Gasteiger partial charge in [-0.25, -0.2) is 0 Å². The second-order valence-corrected chi connectivity index (χ2v) is 3.01. The van der Waals surface area contributed by atoms with Gasteiger partial charge in [0.1, 0.15) is 0 Å². The van der Waals surface area contributed by atoms with E-state index in [-0.39, 0.29) is 31.5 Å². The second kappa shape index (κ2) is 6.82. The maximum absolute atomic E-state index is 11.0. The minimum atomic E-state index is -0.887. The molecule has 2 atom stereocenters. The summed E-state index contributed by atoms with van der Waals surface area (Å²) in [6.45, 7) is 1.63. The van der Waals surface area contributed by atoms with Crippen molar-refractivity contribution < 1.29 is 15.0 Å². The highest BCUT2D eigenvalue weighted by Crippen LogP contribution is 1.92. The van der Waals surface area contributed by atoms with Crippen LogP contribution in [0.5, 0.6) is 0 Å². The molecule has 0 saturated heterocycles. The number of aliphatic hydroxyl groups is 2. The summed E-state index contributed by atoms with van der Waals surface area (Å²) >= 11 is 0. The largest absolute Gasteiger partial charge is 0.394 e. The van der Waals surface area contributed by atoms with Gasteiger partial charge >= 0.3 is 0 Å². The molecule has 0 aliphatic carbocycles. The molecule has 0 aromatic heterocycles. The number of amides is 1. The lowest BCUT2D eigenvalue weighted by atomic mass is 10.1. The topological polar surface area (TPSA) is 95.6 Å². The summed E-state index contributed by atoms with van der Waals surface area (Å²) in [6.07, 6.45) is 0.117. The first-order chi connectivity index (χ1) is 6.10. The quantitative estimate of drug-likeness (QED) is 0.413. The van der Waals surface area contributed by atoms with Crippen molar-refractivity contribution in [3.8, 4) is 0 Å². The van der Waals surface area contributed by atoms with Crippen LogP contribution in [-0.4, -0.2) is 41.4 Å². The van der Waals surface area contributed by atoms with Gasteiger partial charge in [0.25, 0.3) is 0 Å². The molecule has 78 valence electrons. The fourth-order valence-corrected chi connectivity index (χ4v) is 0.751. The van der Waals surface area contributed by atoms with Crippen LogP contribution >= 0.6 is 0 Å². The average Bonchev–Trinajstić information content (AvgIpc) is 2.13. The molecular formula is C8H18N2O3. The van der Waals surface area contributed by atoms with Crippen LogP contribution < -0.4 is 11.1 Å². The number of hydrogen-bond acceptors (Lipinski definition) is 4. The normalized spacial score (nSPS) is 15.1. The van der Waals surface area contributed by atoms with Gasteiger partial charge < -0.3 is 21.3 Å². The molecule has 5 heteroatoms. The molecular weight excluding hydrogens is 172 g/mol. The smallest absolute Gasteiger partial charge is 0.221 e. The number of nitrogens with two attached hydrogens (primary N) is 1. The standard InChI is InChI=1S/C8H18N2O3/c1-2-6(9)3-8(13)10-4-7(12)5-11/h6-7,11-12H,2-5,9H2,1H3,(H,10,13). The van der Waals surface area contributed by atoms with Crippen LogP contribution in [0.1, 0.15) is 19.8 Å². The van der Waals surface area contributed by atoms with E-state index < -0.39 is 6.10 Å². The van der Waals surface area contributed by atoms with Crippen LogP contribution in [0.4, 0.5) is 0 Å². The van der Waals surface area contributed by atoms with Crippen molar-refractivity contribution in [1.29, 1.82) is 0 Å². The van der Waals surface area contributed by atoms with Crippen molar-refractivity contribution in [2.75, 3.05) is 13.2 Å². The van der Waals surface area contributed by atoms with Crippen LogP contribution in [-0.2, 0) is 4.79 Å². The Labute approximate surface area is 77.9 Å². The lowest BCUT2D eigenvalue weighted by molar-refractivity contribution is -0.122. The molecule has 0 bridgehead atoms. The summed E-state index contributed by atoms with van der Waals surface area (Å²) in [4.78, 5) is 11.0. The van der Waals surface area contributed by atoms with Crippen molar-refractivity contribution in [2.45, 2.75) is 31.9 Å². The van der Waals surface area contributed by atoms with Crippen molar-refractivity contribution in [2.24, 2.45) is 5.73 Å². The molecule has 0 aliphatic rings. The predicted molar refractivity (Wildman–Crippen MR) is 49.0 cm³/mol. The third kappa shape index (κ3) is 6.51. The van der Waals surface area contributed by atoms with Gasteiger partial charge in [-0.3, -0.25) is 4.79 Å². The summed E-state index contributed by atoms with van der Waals surface area (Å²) in [5.41, 5.74) is 5.54. The predicted octanol–water partition coefficient (Wildman–Crippen LogP) is -1.42. The fourth-order valence-electron chi connectivity index (χ4n) is 0.751. The van der Waals surface area contributed by atoms with Gasteiger partial charge in [0.05, 0.1) is 12.7 Å². The van der Waals surface area contributed by atoms with E-state index in [9.17, 15) is 4.79 Å². The maximum atomic E-state index is 11.0. The van der Waals surface area contributed by atoms with Crippen LogP contribution in [0.2, 0.25) is 0 Å². The highest BCUT2D eigenvalue weighted by molar-refractivity contribution is 5.76. The molecule has 13 heavy (non-hydrogen) atoms. The number of carbonyl (C=O) groups is 1. The Morgan fingerprint density at radius 1 is 1.62 bits per heavy atom. The molecule has 2 unspecified atom stereocenters. The molecule has 1 amide bonds. The summed E-state index contributed by atoms with van der Waals surface area (Å²) in [7, 11) is 0. The number of rotatable bonds is 6. The molecule has 0 aliphatic heterocycles. The van der Waals surface area contributed by atoms with Crippen LogP contribution in [0.3, 0.4) is 0 Å². The zero-order chi connectivity index (χ0) is 10.3. The van der Waals surface area contributed by atoms with Crippen molar-refractivity contribution in [3.63, 3.8) is 0 Å². The Balaban J connectivity index is 3.51. The first-order valence-corrected chi connectivity index (χ1v) is 4.41. The van der Waals surface area contributed by atoms with Gasteiger partial charge in [0.2, 0.25) is 5.91 Å². The zero-order valence-corrected chi connectivity index (χ0v) is 7.86. The van der Waals surface area contributed by atoms with E-state index in [0.717, 1.165) is 6.42 Å². The Hall–Kier alpha value is -0.650. The van der Waals surface area contributed by atoms with Crippen molar-refractivity contribution in [1.82, 2.24) is 5.32 Å². The molecule has 5 N–H and O–H groups in total. The molecule has 0 radical (unpaired) electrons. The Bertz CT molecular complexity index is 152. The maximum Gasteiger partial charge on any atom is 0.221 e. The van der Waals surface area contributed by atoms with Crippen molar-refractivity contribution in [3.05, 3.63) is 0 Å². The lowest BCUT2D eigenvalue weighted by Crippen LogP contribution is -2.37. The number of aliphatic hydroxyl groups excluding tert-OH is 2. The Morgan fingerprint density at radius 2 is 2.23 bits per heavy atom. The molecule has 0 heterocycles. The summed E-state index contributed by atoms with van der Waals surface area (Å²) in [5, 5.41) is 19.8. The van der Waals surface area contributed by atoms with Gasteiger partial charge in [-0.15, -0.1) is 0 Å². The van der Waals surface area contributed by atoms with Gasteiger partial charge in [-0.2, -0.15) is 0 Å². The first-order valence-electron chi connectivity index (χ1n) is 4.41. The summed E-state index contributed by atoms with van der Waals surface area (Å²) < 4.78 is 0. The van der Waals surface area contributed by atoms with E-state index in [0.29, 0.717) is 0 Å². The molecule has 0 aromatic carbocycles. The molecule has 0 spiro atoms. The van der Waals surface area contributed by atoms with E-state index in [1.54, 1.807) is 0 Å². The minimum absolute atomic E-state index is 0.0752. The molecule has 0 saturated carbocycles. The zero-order valence-electron chi connectivity index (χ0n) is 7.86. The number of carbonyl (C=O) groups excluding carboxylic acids is 1. The Morgan fingerprint density at radius 3 is 2.69 bits per heavy atom. The molecule has 0 aromatic rings. The van der Waals surface area contributed by atoms with E-state index in [1.165, 1.54) is 0 Å². The highest BCUT2D eigenvalue weighted by atomic mass is 16.3. The van der Waals surface area contributed by atoms with E-state index in [1.807, 2.05) is 6.92 Å². The number of hydrogen-bond donors (Lipinski definition) is 4. The summed E-state index contributed by atoms with van der Waals surface area (Å²) in [5.74, 6) is -0.193. The Kier molecular flexibility index (Phi) is 6.48. The van der Waals surface area contributed by atoms with E-state index in [4.69, 9.17) is 15.9 Å². The van der Waals surface area contributed by atoms with Crippen molar-refractivity contribution >= 4 is 5.91 Å². The fraction of sp³-hybridized carbons (Fsp3) is 0.875. The highest BCUT2D eigenvalue weighted by Gasteiger charge is 2.08. The monoisotopic (exact) mass is 190 g/mol. The van der Waals surface area contributed by atoms with Crippen LogP contribution in [0, 0.1) is 0 Å². The van der Waals surface area contributed by atoms with Gasteiger partial charge in [0, 0.05) is 19.0 Å². The van der Waals surface area contributed by atoms with Crippen LogP contribution in [0.25, 0.3) is 0 Å². The first kappa shape index (κ1) is 12.3. The third-order valence-electron chi connectivity index (χ3n) is 1.72. The second-order valence-electron chi connectivity index (χ2n) is 3.01. The number of nitrogens with one attached hydrogen (secondary N) is 1.